The van der Waals surface area contributed by atoms with Crippen LogP contribution < -0.4 is 11.1 Å². The topological polar surface area (TPSA) is 64.3 Å². The van der Waals surface area contributed by atoms with Crippen molar-refractivity contribution in [2.45, 2.75) is 0 Å². The number of nitrogens with two attached hydrogens (primary N) is 1. The molecule has 0 heterocycles. The van der Waals surface area contributed by atoms with Gasteiger partial charge in [0.15, 0.2) is 0 Å². The molecule has 4 nitrogen and oxygen atoms in total. The van der Waals surface area contributed by atoms with Crippen LogP contribution in [-0.4, -0.2) is 32.7 Å². The third-order valence-electron chi connectivity index (χ3n) is 0.786. The summed E-state index contributed by atoms with van der Waals surface area (Å²) in [5.41, 5.74) is 5.17. The Balaban J connectivity index is 2.66. The maximum atomic E-state index is 9.56. The summed E-state index contributed by atoms with van der Waals surface area (Å²) in [5.74, 6) is 0. The van der Waals surface area contributed by atoms with Crippen LogP contribution in [0.5, 0.6) is 0 Å². The summed E-state index contributed by atoms with van der Waals surface area (Å²) in [4.78, 5) is 9.56. The molecule has 4 heteroatoms. The van der Waals surface area contributed by atoms with E-state index in [1.165, 1.54) is 0 Å². The van der Waals surface area contributed by atoms with Crippen LogP contribution in [0.15, 0.2) is 0 Å². The first-order valence-corrected chi connectivity index (χ1v) is 2.88. The van der Waals surface area contributed by atoms with Gasteiger partial charge in [-0.1, -0.05) is 0 Å². The van der Waals surface area contributed by atoms with Gasteiger partial charge in [0.05, 0.1) is 0 Å². The van der Waals surface area contributed by atoms with Crippen molar-refractivity contribution < 1.29 is 9.53 Å². The van der Waals surface area contributed by atoms with Gasteiger partial charge in [-0.3, -0.25) is 4.79 Å². The first-order chi connectivity index (χ1) is 4.41. The van der Waals surface area contributed by atoms with Gasteiger partial charge >= 0.3 is 0 Å². The molecule has 0 aliphatic carbocycles. The third kappa shape index (κ3) is 7.39. The SMILES string of the molecule is NCCNCCOC=O. The highest BCUT2D eigenvalue weighted by Gasteiger charge is 1.82. The molecule has 0 radical (unpaired) electrons. The summed E-state index contributed by atoms with van der Waals surface area (Å²) in [6.07, 6.45) is 0. The Kier molecular flexibility index (Phi) is 6.89. The van der Waals surface area contributed by atoms with E-state index >= 15 is 0 Å². The number of nitrogens with one attached hydrogen (secondary N) is 1. The smallest absolute Gasteiger partial charge is 0.293 e. The summed E-state index contributed by atoms with van der Waals surface area (Å²) >= 11 is 0. The summed E-state index contributed by atoms with van der Waals surface area (Å²) in [6, 6.07) is 0. The quantitative estimate of drug-likeness (QED) is 0.348. The van der Waals surface area contributed by atoms with Gasteiger partial charge in [0.25, 0.3) is 6.47 Å². The van der Waals surface area contributed by atoms with Crippen molar-refractivity contribution in [2.24, 2.45) is 5.73 Å². The standard InChI is InChI=1S/C5H12N2O2/c6-1-2-7-3-4-9-5-8/h5,7H,1-4,6H2. The molecule has 0 aliphatic heterocycles. The summed E-state index contributed by atoms with van der Waals surface area (Å²) in [6.45, 7) is 2.91. The van der Waals surface area contributed by atoms with E-state index in [1.54, 1.807) is 0 Å². The lowest BCUT2D eigenvalue weighted by Crippen LogP contribution is -2.25. The zero-order valence-corrected chi connectivity index (χ0v) is 5.30. The molecule has 0 spiro atoms. The van der Waals surface area contributed by atoms with Crippen LogP contribution in [0.2, 0.25) is 0 Å². The van der Waals surface area contributed by atoms with Crippen LogP contribution in [0.4, 0.5) is 0 Å². The van der Waals surface area contributed by atoms with Crippen molar-refractivity contribution in [3.8, 4) is 0 Å². The second-order valence-corrected chi connectivity index (χ2v) is 1.51. The Morgan fingerprint density at radius 1 is 1.56 bits per heavy atom. The summed E-state index contributed by atoms with van der Waals surface area (Å²) < 4.78 is 4.40. The number of hydrogen-bond acceptors (Lipinski definition) is 4. The second kappa shape index (κ2) is 7.39. The van der Waals surface area contributed by atoms with Crippen LogP contribution >= 0.6 is 0 Å². The number of carbonyl (C=O) groups is 1. The average Bonchev–Trinajstić information content (AvgIpc) is 1.89. The molecule has 0 aliphatic rings. The predicted octanol–water partition coefficient (Wildman–Crippen LogP) is -1.29. The predicted molar refractivity (Wildman–Crippen MR) is 33.9 cm³/mol. The van der Waals surface area contributed by atoms with E-state index in [2.05, 4.69) is 10.1 Å². The van der Waals surface area contributed by atoms with Crippen molar-refractivity contribution in [1.29, 1.82) is 0 Å². The molecule has 0 aromatic rings. The number of hydrogen-bond donors (Lipinski definition) is 2. The van der Waals surface area contributed by atoms with E-state index in [9.17, 15) is 4.79 Å². The molecule has 0 unspecified atom stereocenters. The minimum Gasteiger partial charge on any atom is -0.467 e. The number of ether oxygens (including phenoxy) is 1. The Morgan fingerprint density at radius 3 is 2.89 bits per heavy atom. The molecule has 0 fully saturated rings. The largest absolute Gasteiger partial charge is 0.467 e. The monoisotopic (exact) mass is 132 g/mol. The Morgan fingerprint density at radius 2 is 2.33 bits per heavy atom. The van der Waals surface area contributed by atoms with Crippen LogP contribution in [0, 0.1) is 0 Å². The first kappa shape index (κ1) is 8.39. The molecular weight excluding hydrogens is 120 g/mol. The van der Waals surface area contributed by atoms with Gasteiger partial charge in [-0.25, -0.2) is 0 Å². The molecule has 3 N–H and O–H groups in total. The van der Waals surface area contributed by atoms with Crippen LogP contribution in [0.25, 0.3) is 0 Å². The molecule has 54 valence electrons. The second-order valence-electron chi connectivity index (χ2n) is 1.51. The highest BCUT2D eigenvalue weighted by atomic mass is 16.5. The first-order valence-electron chi connectivity index (χ1n) is 2.88. The fourth-order valence-corrected chi connectivity index (χ4v) is 0.406. The normalized spacial score (nSPS) is 9.00. The van der Waals surface area contributed by atoms with Crippen molar-refractivity contribution >= 4 is 6.47 Å². The van der Waals surface area contributed by atoms with Crippen molar-refractivity contribution in [3.05, 3.63) is 0 Å². The van der Waals surface area contributed by atoms with Crippen LogP contribution in [-0.2, 0) is 9.53 Å². The molecule has 0 atom stereocenters. The number of rotatable bonds is 6. The number of carbonyl (C=O) groups excluding carboxylic acids is 1. The Labute approximate surface area is 54.4 Å². The van der Waals surface area contributed by atoms with Crippen molar-refractivity contribution in [1.82, 2.24) is 5.32 Å². The zero-order chi connectivity index (χ0) is 6.95. The van der Waals surface area contributed by atoms with Gasteiger partial charge in [0, 0.05) is 19.6 Å². The van der Waals surface area contributed by atoms with Crippen LogP contribution in [0.3, 0.4) is 0 Å². The zero-order valence-electron chi connectivity index (χ0n) is 5.30. The summed E-state index contributed by atoms with van der Waals surface area (Å²) in [5, 5.41) is 2.96. The lowest BCUT2D eigenvalue weighted by Gasteiger charge is -1.99. The molecule has 0 rings (SSSR count). The molecule has 0 amide bonds. The van der Waals surface area contributed by atoms with E-state index in [1.807, 2.05) is 0 Å². The van der Waals surface area contributed by atoms with E-state index in [0.717, 1.165) is 6.54 Å². The molecule has 0 aromatic heterocycles. The lowest BCUT2D eigenvalue weighted by atomic mass is 10.6. The molecule has 9 heavy (non-hydrogen) atoms. The van der Waals surface area contributed by atoms with Crippen LogP contribution in [0.1, 0.15) is 0 Å². The lowest BCUT2D eigenvalue weighted by molar-refractivity contribution is -0.128. The molecule has 0 aromatic carbocycles. The van der Waals surface area contributed by atoms with Gasteiger partial charge < -0.3 is 15.8 Å². The maximum Gasteiger partial charge on any atom is 0.293 e. The fraction of sp³-hybridized carbons (Fsp3) is 0.800. The van der Waals surface area contributed by atoms with Crippen molar-refractivity contribution in [3.63, 3.8) is 0 Å². The van der Waals surface area contributed by atoms with Gasteiger partial charge in [0.2, 0.25) is 0 Å². The molecule has 0 bridgehead atoms. The summed E-state index contributed by atoms with van der Waals surface area (Å²) in [7, 11) is 0. The molecular formula is C5H12N2O2. The molecule has 0 saturated carbocycles. The van der Waals surface area contributed by atoms with E-state index in [4.69, 9.17) is 5.73 Å². The van der Waals surface area contributed by atoms with Gasteiger partial charge in [0.1, 0.15) is 6.61 Å². The average molecular weight is 132 g/mol. The van der Waals surface area contributed by atoms with Gasteiger partial charge in [-0.2, -0.15) is 0 Å². The molecule has 0 saturated heterocycles. The fourth-order valence-electron chi connectivity index (χ4n) is 0.406. The van der Waals surface area contributed by atoms with Gasteiger partial charge in [-0.05, 0) is 0 Å². The minimum absolute atomic E-state index is 0.420. The highest BCUT2D eigenvalue weighted by molar-refractivity contribution is 5.36. The Bertz CT molecular complexity index is 68.0. The Hall–Kier alpha value is -0.610. The van der Waals surface area contributed by atoms with Gasteiger partial charge in [-0.15, -0.1) is 0 Å². The van der Waals surface area contributed by atoms with E-state index in [-0.39, 0.29) is 0 Å². The van der Waals surface area contributed by atoms with Crippen molar-refractivity contribution in [2.75, 3.05) is 26.2 Å². The third-order valence-corrected chi connectivity index (χ3v) is 0.786. The maximum absolute atomic E-state index is 9.56. The van der Waals surface area contributed by atoms with E-state index in [0.29, 0.717) is 26.2 Å². The van der Waals surface area contributed by atoms with E-state index < -0.39 is 0 Å². The highest BCUT2D eigenvalue weighted by Crippen LogP contribution is 1.62. The minimum atomic E-state index is 0.420.